The van der Waals surface area contributed by atoms with Crippen LogP contribution in [0.5, 0.6) is 0 Å². The fourth-order valence-electron chi connectivity index (χ4n) is 2.83. The minimum atomic E-state index is -0.454. The maximum absolute atomic E-state index is 12.3. The Morgan fingerprint density at radius 2 is 2.13 bits per heavy atom. The first-order valence-corrected chi connectivity index (χ1v) is 7.56. The Morgan fingerprint density at radius 3 is 2.83 bits per heavy atom. The van der Waals surface area contributed by atoms with Crippen molar-refractivity contribution < 1.29 is 4.79 Å². The number of carbonyl (C=O) groups is 1. The van der Waals surface area contributed by atoms with E-state index in [0.717, 1.165) is 30.5 Å². The van der Waals surface area contributed by atoms with Gasteiger partial charge in [-0.2, -0.15) is 0 Å². The van der Waals surface area contributed by atoms with Crippen molar-refractivity contribution in [1.29, 1.82) is 0 Å². The smallest absolute Gasteiger partial charge is 0.332 e. The van der Waals surface area contributed by atoms with Crippen LogP contribution in [0.25, 0.3) is 11.0 Å². The summed E-state index contributed by atoms with van der Waals surface area (Å²) in [6.45, 7) is 1.71. The largest absolute Gasteiger partial charge is 0.348 e. The van der Waals surface area contributed by atoms with Crippen LogP contribution < -0.4 is 21.9 Å². The van der Waals surface area contributed by atoms with E-state index in [1.807, 2.05) is 0 Å². The molecule has 1 amide bonds. The van der Waals surface area contributed by atoms with Crippen LogP contribution in [-0.4, -0.2) is 39.2 Å². The third-order valence-corrected chi connectivity index (χ3v) is 4.19. The Hall–Kier alpha value is -2.48. The molecule has 0 saturated carbocycles. The number of hydrogen-bond acceptors (Lipinski definition) is 5. The van der Waals surface area contributed by atoms with Crippen molar-refractivity contribution in [2.24, 2.45) is 14.1 Å². The van der Waals surface area contributed by atoms with Gasteiger partial charge in [-0.15, -0.1) is 0 Å². The Labute approximate surface area is 132 Å². The van der Waals surface area contributed by atoms with Crippen LogP contribution >= 0.6 is 0 Å². The van der Waals surface area contributed by atoms with Gasteiger partial charge in [-0.25, -0.2) is 9.78 Å². The van der Waals surface area contributed by atoms with Gasteiger partial charge in [0.15, 0.2) is 0 Å². The molecule has 0 spiro atoms. The second-order valence-corrected chi connectivity index (χ2v) is 5.82. The van der Waals surface area contributed by atoms with Crippen LogP contribution in [0.1, 0.15) is 23.2 Å². The number of nitrogens with zero attached hydrogens (tertiary/aromatic N) is 3. The van der Waals surface area contributed by atoms with Gasteiger partial charge in [-0.1, -0.05) is 0 Å². The third kappa shape index (κ3) is 2.77. The fraction of sp³-hybridized carbons (Fsp3) is 0.467. The standard InChI is InChI=1S/C15H19N5O3/c1-19-12-11(14(22)20(2)15(19)23)6-9(7-17-12)13(21)18-10-4-3-5-16-8-10/h6-7,10,16H,3-5,8H2,1-2H3,(H,18,21). The van der Waals surface area contributed by atoms with Crippen LogP contribution in [0.2, 0.25) is 0 Å². The van der Waals surface area contributed by atoms with Gasteiger partial charge >= 0.3 is 5.69 Å². The van der Waals surface area contributed by atoms with Crippen molar-refractivity contribution in [3.05, 3.63) is 38.7 Å². The molecule has 8 heteroatoms. The molecule has 1 aliphatic heterocycles. The van der Waals surface area contributed by atoms with E-state index in [1.165, 1.54) is 23.9 Å². The molecule has 8 nitrogen and oxygen atoms in total. The average molecular weight is 317 g/mol. The zero-order valence-corrected chi connectivity index (χ0v) is 13.1. The number of nitrogens with one attached hydrogen (secondary N) is 2. The van der Waals surface area contributed by atoms with E-state index < -0.39 is 11.2 Å². The molecule has 1 fully saturated rings. The highest BCUT2D eigenvalue weighted by Gasteiger charge is 2.18. The second kappa shape index (κ2) is 5.96. The Balaban J connectivity index is 1.98. The van der Waals surface area contributed by atoms with Gasteiger partial charge in [-0.3, -0.25) is 18.7 Å². The lowest BCUT2D eigenvalue weighted by Gasteiger charge is -2.23. The molecule has 3 rings (SSSR count). The van der Waals surface area contributed by atoms with Crippen LogP contribution in [0.15, 0.2) is 21.9 Å². The molecular weight excluding hydrogens is 298 g/mol. The van der Waals surface area contributed by atoms with Crippen LogP contribution in [0.3, 0.4) is 0 Å². The quantitative estimate of drug-likeness (QED) is 0.749. The number of hydrogen-bond donors (Lipinski definition) is 2. The average Bonchev–Trinajstić information content (AvgIpc) is 2.58. The molecule has 0 aromatic carbocycles. The van der Waals surface area contributed by atoms with Gasteiger partial charge in [0.2, 0.25) is 0 Å². The van der Waals surface area contributed by atoms with Gasteiger partial charge in [0.1, 0.15) is 5.65 Å². The number of amides is 1. The minimum Gasteiger partial charge on any atom is -0.348 e. The number of piperidine rings is 1. The van der Waals surface area contributed by atoms with Crippen LogP contribution in [-0.2, 0) is 14.1 Å². The molecule has 2 N–H and O–H groups in total. The summed E-state index contributed by atoms with van der Waals surface area (Å²) in [5.41, 5.74) is -0.308. The van der Waals surface area contributed by atoms with Gasteiger partial charge in [-0.05, 0) is 25.5 Å². The molecule has 2 aromatic heterocycles. The van der Waals surface area contributed by atoms with Crippen molar-refractivity contribution >= 4 is 16.9 Å². The van der Waals surface area contributed by atoms with E-state index in [-0.39, 0.29) is 23.0 Å². The van der Waals surface area contributed by atoms with Crippen molar-refractivity contribution in [2.45, 2.75) is 18.9 Å². The molecule has 122 valence electrons. The SMILES string of the molecule is Cn1c(=O)c2cc(C(=O)NC3CCCNC3)cnc2n(C)c1=O. The summed E-state index contributed by atoms with van der Waals surface area (Å²) in [6.07, 6.45) is 3.34. The van der Waals surface area contributed by atoms with Crippen molar-refractivity contribution in [1.82, 2.24) is 24.8 Å². The Morgan fingerprint density at radius 1 is 1.35 bits per heavy atom. The molecule has 0 aliphatic carbocycles. The fourth-order valence-corrected chi connectivity index (χ4v) is 2.83. The van der Waals surface area contributed by atoms with E-state index >= 15 is 0 Å². The number of aryl methyl sites for hydroxylation is 1. The third-order valence-electron chi connectivity index (χ3n) is 4.19. The number of rotatable bonds is 2. The highest BCUT2D eigenvalue weighted by Crippen LogP contribution is 2.09. The van der Waals surface area contributed by atoms with Gasteiger partial charge in [0, 0.05) is 32.9 Å². The summed E-state index contributed by atoms with van der Waals surface area (Å²) in [5, 5.41) is 6.42. The minimum absolute atomic E-state index is 0.0786. The van der Waals surface area contributed by atoms with E-state index in [9.17, 15) is 14.4 Å². The summed E-state index contributed by atoms with van der Waals surface area (Å²) >= 11 is 0. The molecule has 1 unspecified atom stereocenters. The Bertz CT molecular complexity index is 877. The summed E-state index contributed by atoms with van der Waals surface area (Å²) in [4.78, 5) is 40.6. The molecule has 2 aromatic rings. The highest BCUT2D eigenvalue weighted by molar-refractivity contribution is 5.96. The van der Waals surface area contributed by atoms with E-state index in [0.29, 0.717) is 5.56 Å². The topological polar surface area (TPSA) is 98.0 Å². The van der Waals surface area contributed by atoms with Crippen molar-refractivity contribution in [3.63, 3.8) is 0 Å². The van der Waals surface area contributed by atoms with Gasteiger partial charge in [0.05, 0.1) is 10.9 Å². The Kier molecular flexibility index (Phi) is 3.99. The first-order chi connectivity index (χ1) is 11.0. The summed E-state index contributed by atoms with van der Waals surface area (Å²) in [6, 6.07) is 1.57. The number of aromatic nitrogens is 3. The highest BCUT2D eigenvalue weighted by atomic mass is 16.2. The van der Waals surface area contributed by atoms with Crippen molar-refractivity contribution in [2.75, 3.05) is 13.1 Å². The zero-order valence-electron chi connectivity index (χ0n) is 13.1. The maximum Gasteiger partial charge on any atom is 0.332 e. The summed E-state index contributed by atoms with van der Waals surface area (Å²) < 4.78 is 2.31. The molecule has 1 atom stereocenters. The first-order valence-electron chi connectivity index (χ1n) is 7.56. The molecule has 1 saturated heterocycles. The predicted molar refractivity (Wildman–Crippen MR) is 85.6 cm³/mol. The van der Waals surface area contributed by atoms with Gasteiger partial charge < -0.3 is 10.6 Å². The molecule has 0 radical (unpaired) electrons. The van der Waals surface area contributed by atoms with E-state index in [2.05, 4.69) is 15.6 Å². The number of fused-ring (bicyclic) bond motifs is 1. The summed E-state index contributed by atoms with van der Waals surface area (Å²) in [5.74, 6) is -0.260. The lowest BCUT2D eigenvalue weighted by atomic mass is 10.1. The van der Waals surface area contributed by atoms with Crippen LogP contribution in [0, 0.1) is 0 Å². The predicted octanol–water partition coefficient (Wildman–Crippen LogP) is -0.886. The maximum atomic E-state index is 12.3. The molecule has 23 heavy (non-hydrogen) atoms. The van der Waals surface area contributed by atoms with Crippen molar-refractivity contribution in [3.8, 4) is 0 Å². The second-order valence-electron chi connectivity index (χ2n) is 5.82. The lowest BCUT2D eigenvalue weighted by Crippen LogP contribution is -2.45. The van der Waals surface area contributed by atoms with Crippen LogP contribution in [0.4, 0.5) is 0 Å². The van der Waals surface area contributed by atoms with Gasteiger partial charge in [0.25, 0.3) is 11.5 Å². The zero-order chi connectivity index (χ0) is 16.6. The number of pyridine rings is 1. The molecule has 1 aliphatic rings. The van der Waals surface area contributed by atoms with E-state index in [4.69, 9.17) is 0 Å². The molecular formula is C15H19N5O3. The molecule has 0 bridgehead atoms. The monoisotopic (exact) mass is 317 g/mol. The summed E-state index contributed by atoms with van der Waals surface area (Å²) in [7, 11) is 2.95. The van der Waals surface area contributed by atoms with E-state index in [1.54, 1.807) is 7.05 Å². The molecule has 3 heterocycles. The first kappa shape index (κ1) is 15.4. The normalized spacial score (nSPS) is 18.1. The number of carbonyl (C=O) groups excluding carboxylic acids is 1. The lowest BCUT2D eigenvalue weighted by molar-refractivity contribution is 0.0930.